The van der Waals surface area contributed by atoms with Crippen molar-refractivity contribution >= 4 is 5.69 Å². The maximum Gasteiger partial charge on any atom is 0.280 e. The maximum atomic E-state index is 11.0. The van der Waals surface area contributed by atoms with Gasteiger partial charge in [0.25, 0.3) is 5.69 Å². The Balaban J connectivity index is 2.37. The molecule has 0 aliphatic rings. The second-order valence-corrected chi connectivity index (χ2v) is 4.49. The van der Waals surface area contributed by atoms with Gasteiger partial charge in [-0.3, -0.25) is 10.1 Å². The molecular weight excluding hydrogens is 246 g/mol. The first-order chi connectivity index (χ1) is 9.09. The van der Waals surface area contributed by atoms with Crippen molar-refractivity contribution in [3.63, 3.8) is 0 Å². The van der Waals surface area contributed by atoms with Crippen molar-refractivity contribution < 1.29 is 9.45 Å². The highest BCUT2D eigenvalue weighted by Crippen LogP contribution is 2.31. The molecule has 6 heteroatoms. The topological polar surface area (TPSA) is 81.2 Å². The Kier molecular flexibility index (Phi) is 3.91. The molecule has 0 saturated heterocycles. The van der Waals surface area contributed by atoms with Gasteiger partial charge in [-0.25, -0.2) is 0 Å². The molecule has 0 bridgehead atoms. The van der Waals surface area contributed by atoms with Crippen molar-refractivity contribution in [1.82, 2.24) is 10.5 Å². The van der Waals surface area contributed by atoms with Gasteiger partial charge in [0.15, 0.2) is 5.76 Å². The Morgan fingerprint density at radius 2 is 2.16 bits per heavy atom. The van der Waals surface area contributed by atoms with E-state index in [-0.39, 0.29) is 5.69 Å². The van der Waals surface area contributed by atoms with E-state index in [0.29, 0.717) is 23.9 Å². The smallest absolute Gasteiger partial charge is 0.280 e. The van der Waals surface area contributed by atoms with E-state index in [4.69, 9.17) is 4.52 Å². The molecule has 1 aromatic heterocycles. The number of rotatable bonds is 5. The van der Waals surface area contributed by atoms with Crippen LogP contribution in [-0.4, -0.2) is 16.1 Å². The van der Waals surface area contributed by atoms with Gasteiger partial charge in [0, 0.05) is 24.2 Å². The van der Waals surface area contributed by atoms with Crippen LogP contribution in [0.1, 0.15) is 19.4 Å². The minimum Gasteiger partial charge on any atom is -0.356 e. The molecule has 0 spiro atoms. The third kappa shape index (κ3) is 2.97. The summed E-state index contributed by atoms with van der Waals surface area (Å²) in [6.45, 7) is 4.61. The molecule has 0 atom stereocenters. The van der Waals surface area contributed by atoms with E-state index in [9.17, 15) is 10.1 Å². The molecule has 19 heavy (non-hydrogen) atoms. The fraction of sp³-hybridized carbons (Fsp3) is 0.308. The summed E-state index contributed by atoms with van der Waals surface area (Å²) >= 11 is 0. The summed E-state index contributed by atoms with van der Waals surface area (Å²) in [4.78, 5) is 10.6. The lowest BCUT2D eigenvalue weighted by Crippen LogP contribution is -2.21. The van der Waals surface area contributed by atoms with Crippen LogP contribution in [0, 0.1) is 10.1 Å². The SMILES string of the molecule is CC(C)NCc1cnoc1-c1ccccc1[N+](=O)[O-]. The Morgan fingerprint density at radius 1 is 1.42 bits per heavy atom. The van der Waals surface area contributed by atoms with E-state index in [1.54, 1.807) is 24.4 Å². The van der Waals surface area contributed by atoms with E-state index >= 15 is 0 Å². The second-order valence-electron chi connectivity index (χ2n) is 4.49. The van der Waals surface area contributed by atoms with Gasteiger partial charge in [-0.1, -0.05) is 31.1 Å². The van der Waals surface area contributed by atoms with Gasteiger partial charge in [0.1, 0.15) is 0 Å². The van der Waals surface area contributed by atoms with Crippen LogP contribution in [0.4, 0.5) is 5.69 Å². The second kappa shape index (κ2) is 5.62. The summed E-state index contributed by atoms with van der Waals surface area (Å²) in [6, 6.07) is 6.80. The Bertz CT molecular complexity index is 578. The molecule has 0 unspecified atom stereocenters. The minimum atomic E-state index is -0.419. The first kappa shape index (κ1) is 13.2. The highest BCUT2D eigenvalue weighted by Gasteiger charge is 2.20. The predicted molar refractivity (Wildman–Crippen MR) is 70.6 cm³/mol. The lowest BCUT2D eigenvalue weighted by Gasteiger charge is -2.07. The molecule has 1 heterocycles. The van der Waals surface area contributed by atoms with Gasteiger partial charge in [-0.15, -0.1) is 0 Å². The highest BCUT2D eigenvalue weighted by molar-refractivity contribution is 5.71. The van der Waals surface area contributed by atoms with E-state index in [1.807, 2.05) is 13.8 Å². The molecule has 6 nitrogen and oxygen atoms in total. The maximum absolute atomic E-state index is 11.0. The lowest BCUT2D eigenvalue weighted by molar-refractivity contribution is -0.384. The number of hydrogen-bond donors (Lipinski definition) is 1. The van der Waals surface area contributed by atoms with E-state index in [0.717, 1.165) is 5.56 Å². The number of nitro groups is 1. The van der Waals surface area contributed by atoms with Crippen molar-refractivity contribution in [3.05, 3.63) is 46.1 Å². The summed E-state index contributed by atoms with van der Waals surface area (Å²) in [5.41, 5.74) is 1.28. The van der Waals surface area contributed by atoms with Crippen LogP contribution in [0.2, 0.25) is 0 Å². The number of benzene rings is 1. The summed E-state index contributed by atoms with van der Waals surface area (Å²) < 4.78 is 5.18. The van der Waals surface area contributed by atoms with Crippen LogP contribution < -0.4 is 5.32 Å². The number of nitrogens with one attached hydrogen (secondary N) is 1. The standard InChI is InChI=1S/C13H15N3O3/c1-9(2)14-7-10-8-15-19-13(10)11-5-3-4-6-12(11)16(17)18/h3-6,8-9,14H,7H2,1-2H3. The molecule has 0 fully saturated rings. The molecule has 0 radical (unpaired) electrons. The number of para-hydroxylation sites is 1. The summed E-state index contributed by atoms with van der Waals surface area (Å²) in [6.07, 6.45) is 1.58. The first-order valence-electron chi connectivity index (χ1n) is 6.00. The van der Waals surface area contributed by atoms with E-state index in [1.165, 1.54) is 6.07 Å². The lowest BCUT2D eigenvalue weighted by atomic mass is 10.1. The molecule has 1 aromatic carbocycles. The first-order valence-corrected chi connectivity index (χ1v) is 6.00. The quantitative estimate of drug-likeness (QED) is 0.661. The molecule has 2 rings (SSSR count). The number of nitrogens with zero attached hydrogens (tertiary/aromatic N) is 2. The molecule has 100 valence electrons. The predicted octanol–water partition coefficient (Wildman–Crippen LogP) is 2.75. The number of hydrogen-bond acceptors (Lipinski definition) is 5. The van der Waals surface area contributed by atoms with Crippen molar-refractivity contribution in [3.8, 4) is 11.3 Å². The van der Waals surface area contributed by atoms with Gasteiger partial charge in [-0.05, 0) is 6.07 Å². The van der Waals surface area contributed by atoms with Gasteiger partial charge < -0.3 is 9.84 Å². The third-order valence-electron chi connectivity index (χ3n) is 2.69. The van der Waals surface area contributed by atoms with Crippen LogP contribution in [0.15, 0.2) is 35.0 Å². The molecular formula is C13H15N3O3. The minimum absolute atomic E-state index is 0.0186. The molecule has 2 aromatic rings. The molecule has 0 amide bonds. The van der Waals surface area contributed by atoms with Crippen molar-refractivity contribution in [2.75, 3.05) is 0 Å². The van der Waals surface area contributed by atoms with Crippen molar-refractivity contribution in [2.24, 2.45) is 0 Å². The average molecular weight is 261 g/mol. The molecule has 0 aliphatic carbocycles. The largest absolute Gasteiger partial charge is 0.356 e. The van der Waals surface area contributed by atoms with Crippen LogP contribution in [0.3, 0.4) is 0 Å². The van der Waals surface area contributed by atoms with E-state index < -0.39 is 4.92 Å². The Hall–Kier alpha value is -2.21. The number of nitro benzene ring substituents is 1. The van der Waals surface area contributed by atoms with Crippen LogP contribution in [-0.2, 0) is 6.54 Å². The number of aromatic nitrogens is 1. The fourth-order valence-electron chi connectivity index (χ4n) is 1.75. The van der Waals surface area contributed by atoms with Gasteiger partial charge in [0.2, 0.25) is 0 Å². The highest BCUT2D eigenvalue weighted by atomic mass is 16.6. The summed E-state index contributed by atoms with van der Waals surface area (Å²) in [7, 11) is 0. The van der Waals surface area contributed by atoms with Crippen LogP contribution in [0.5, 0.6) is 0 Å². The molecule has 0 saturated carbocycles. The fourth-order valence-corrected chi connectivity index (χ4v) is 1.75. The Morgan fingerprint density at radius 3 is 2.84 bits per heavy atom. The summed E-state index contributed by atoms with van der Waals surface area (Å²) in [5.74, 6) is 0.445. The zero-order valence-corrected chi connectivity index (χ0v) is 10.8. The van der Waals surface area contributed by atoms with Crippen LogP contribution >= 0.6 is 0 Å². The van der Waals surface area contributed by atoms with Crippen LogP contribution in [0.25, 0.3) is 11.3 Å². The zero-order valence-electron chi connectivity index (χ0n) is 10.8. The van der Waals surface area contributed by atoms with Gasteiger partial charge >= 0.3 is 0 Å². The van der Waals surface area contributed by atoms with Gasteiger partial charge in [-0.2, -0.15) is 0 Å². The normalized spacial score (nSPS) is 10.9. The zero-order chi connectivity index (χ0) is 13.8. The van der Waals surface area contributed by atoms with E-state index in [2.05, 4.69) is 10.5 Å². The molecule has 1 N–H and O–H groups in total. The third-order valence-corrected chi connectivity index (χ3v) is 2.69. The van der Waals surface area contributed by atoms with Gasteiger partial charge in [0.05, 0.1) is 16.7 Å². The average Bonchev–Trinajstić information content (AvgIpc) is 2.84. The van der Waals surface area contributed by atoms with Crippen molar-refractivity contribution in [2.45, 2.75) is 26.4 Å². The summed E-state index contributed by atoms with van der Waals surface area (Å²) in [5, 5.41) is 18.0. The van der Waals surface area contributed by atoms with Crippen molar-refractivity contribution in [1.29, 1.82) is 0 Å². The monoisotopic (exact) mass is 261 g/mol. The molecule has 0 aliphatic heterocycles. The Labute approximate surface area is 110 Å².